The van der Waals surface area contributed by atoms with E-state index in [0.29, 0.717) is 6.04 Å². The molecule has 0 aromatic heterocycles. The third kappa shape index (κ3) is 4.35. The summed E-state index contributed by atoms with van der Waals surface area (Å²) in [5.41, 5.74) is 1.21. The molecular formula is C17H28N2O3. The zero-order chi connectivity index (χ0) is 15.9. The summed E-state index contributed by atoms with van der Waals surface area (Å²) in [7, 11) is 3.36. The van der Waals surface area contributed by atoms with Crippen LogP contribution in [0.2, 0.25) is 0 Å². The first kappa shape index (κ1) is 17.1. The molecule has 1 saturated heterocycles. The van der Waals surface area contributed by atoms with Crippen LogP contribution in [-0.4, -0.2) is 68.0 Å². The molecule has 1 unspecified atom stereocenters. The van der Waals surface area contributed by atoms with Gasteiger partial charge in [0.25, 0.3) is 0 Å². The Morgan fingerprint density at radius 1 is 1.05 bits per heavy atom. The molecule has 1 N–H and O–H groups in total. The van der Waals surface area contributed by atoms with Crippen LogP contribution in [0.15, 0.2) is 18.2 Å². The van der Waals surface area contributed by atoms with E-state index >= 15 is 0 Å². The third-order valence-corrected chi connectivity index (χ3v) is 4.42. The summed E-state index contributed by atoms with van der Waals surface area (Å²) in [6, 6.07) is 6.34. The fraction of sp³-hybridized carbons (Fsp3) is 0.647. The lowest BCUT2D eigenvalue weighted by molar-refractivity contribution is 0.0608. The minimum Gasteiger partial charge on any atom is -0.497 e. The number of hydrogen-bond donors (Lipinski definition) is 1. The number of hydrogen-bond acceptors (Lipinski definition) is 5. The normalized spacial score (nSPS) is 18.2. The van der Waals surface area contributed by atoms with Crippen LogP contribution in [0, 0.1) is 0 Å². The monoisotopic (exact) mass is 308 g/mol. The second-order valence-electron chi connectivity index (χ2n) is 5.78. The predicted octanol–water partition coefficient (Wildman–Crippen LogP) is 1.59. The van der Waals surface area contributed by atoms with Gasteiger partial charge in [-0.2, -0.15) is 0 Å². The van der Waals surface area contributed by atoms with Crippen molar-refractivity contribution < 1.29 is 14.6 Å². The lowest BCUT2D eigenvalue weighted by Gasteiger charge is -2.38. The largest absolute Gasteiger partial charge is 0.497 e. The summed E-state index contributed by atoms with van der Waals surface area (Å²) in [6.45, 7) is 7.36. The van der Waals surface area contributed by atoms with Gasteiger partial charge in [-0.25, -0.2) is 0 Å². The fourth-order valence-corrected chi connectivity index (χ4v) is 3.01. The molecule has 5 nitrogen and oxygen atoms in total. The summed E-state index contributed by atoms with van der Waals surface area (Å²) in [5.74, 6) is 1.67. The molecule has 1 fully saturated rings. The van der Waals surface area contributed by atoms with Crippen molar-refractivity contribution in [2.75, 3.05) is 47.0 Å². The van der Waals surface area contributed by atoms with Gasteiger partial charge in [-0.3, -0.25) is 9.80 Å². The number of rotatable bonds is 7. The maximum atomic E-state index is 9.41. The van der Waals surface area contributed by atoms with Gasteiger partial charge in [0.1, 0.15) is 11.5 Å². The standard InChI is InChI=1S/C17H28N2O3/c1-4-15(13-20)19-7-5-18(6-8-19)12-14-9-16(21-2)11-17(10-14)22-3/h9-11,15,20H,4-8,12-13H2,1-3H3. The lowest BCUT2D eigenvalue weighted by Crippen LogP contribution is -2.50. The van der Waals surface area contributed by atoms with Crippen molar-refractivity contribution in [1.29, 1.82) is 0 Å². The van der Waals surface area contributed by atoms with Gasteiger partial charge in [0.15, 0.2) is 0 Å². The first-order chi connectivity index (χ1) is 10.7. The van der Waals surface area contributed by atoms with E-state index in [9.17, 15) is 5.11 Å². The van der Waals surface area contributed by atoms with Crippen LogP contribution < -0.4 is 9.47 Å². The highest BCUT2D eigenvalue weighted by atomic mass is 16.5. The fourth-order valence-electron chi connectivity index (χ4n) is 3.01. The molecule has 0 aliphatic carbocycles. The predicted molar refractivity (Wildman–Crippen MR) is 87.6 cm³/mol. The number of nitrogens with zero attached hydrogens (tertiary/aromatic N) is 2. The molecule has 1 heterocycles. The van der Waals surface area contributed by atoms with Gasteiger partial charge in [0, 0.05) is 44.8 Å². The Hall–Kier alpha value is -1.30. The number of benzene rings is 1. The Morgan fingerprint density at radius 3 is 2.09 bits per heavy atom. The maximum Gasteiger partial charge on any atom is 0.122 e. The van der Waals surface area contributed by atoms with E-state index < -0.39 is 0 Å². The summed E-state index contributed by atoms with van der Waals surface area (Å²) < 4.78 is 10.7. The SMILES string of the molecule is CCC(CO)N1CCN(Cc2cc(OC)cc(OC)c2)CC1. The second-order valence-corrected chi connectivity index (χ2v) is 5.78. The van der Waals surface area contributed by atoms with Crippen LogP contribution in [0.1, 0.15) is 18.9 Å². The van der Waals surface area contributed by atoms with Crippen molar-refractivity contribution in [1.82, 2.24) is 9.80 Å². The van der Waals surface area contributed by atoms with E-state index in [4.69, 9.17) is 9.47 Å². The molecule has 5 heteroatoms. The molecule has 22 heavy (non-hydrogen) atoms. The van der Waals surface area contributed by atoms with Crippen molar-refractivity contribution in [2.24, 2.45) is 0 Å². The molecule has 0 amide bonds. The summed E-state index contributed by atoms with van der Waals surface area (Å²) in [6.07, 6.45) is 1.00. The molecule has 0 bridgehead atoms. The summed E-state index contributed by atoms with van der Waals surface area (Å²) in [5, 5.41) is 9.41. The van der Waals surface area contributed by atoms with Crippen molar-refractivity contribution in [3.05, 3.63) is 23.8 Å². The first-order valence-electron chi connectivity index (χ1n) is 7.99. The van der Waals surface area contributed by atoms with Crippen molar-refractivity contribution in [3.8, 4) is 11.5 Å². The van der Waals surface area contributed by atoms with Gasteiger partial charge in [-0.05, 0) is 24.1 Å². The van der Waals surface area contributed by atoms with E-state index in [2.05, 4.69) is 28.9 Å². The molecule has 0 saturated carbocycles. The van der Waals surface area contributed by atoms with Gasteiger partial charge in [-0.1, -0.05) is 6.92 Å². The van der Waals surface area contributed by atoms with Gasteiger partial charge in [-0.15, -0.1) is 0 Å². The zero-order valence-electron chi connectivity index (χ0n) is 13.9. The molecule has 1 atom stereocenters. The van der Waals surface area contributed by atoms with E-state index in [0.717, 1.165) is 50.6 Å². The van der Waals surface area contributed by atoms with Crippen LogP contribution >= 0.6 is 0 Å². The van der Waals surface area contributed by atoms with Crippen LogP contribution in [-0.2, 0) is 6.54 Å². The van der Waals surface area contributed by atoms with Gasteiger partial charge in [0.05, 0.1) is 20.8 Å². The summed E-state index contributed by atoms with van der Waals surface area (Å²) >= 11 is 0. The number of aliphatic hydroxyl groups is 1. The number of piperazine rings is 1. The third-order valence-electron chi connectivity index (χ3n) is 4.42. The van der Waals surface area contributed by atoms with E-state index in [1.807, 2.05) is 6.07 Å². The molecule has 0 radical (unpaired) electrons. The number of aliphatic hydroxyl groups excluding tert-OH is 1. The second kappa shape index (κ2) is 8.36. The highest BCUT2D eigenvalue weighted by molar-refractivity contribution is 5.38. The molecule has 1 aromatic carbocycles. The Morgan fingerprint density at radius 2 is 1.64 bits per heavy atom. The van der Waals surface area contributed by atoms with Gasteiger partial charge < -0.3 is 14.6 Å². The molecule has 2 rings (SSSR count). The Kier molecular flexibility index (Phi) is 6.49. The minimum atomic E-state index is 0.254. The molecule has 124 valence electrons. The van der Waals surface area contributed by atoms with Crippen LogP contribution in [0.4, 0.5) is 0 Å². The van der Waals surface area contributed by atoms with E-state index in [1.54, 1.807) is 14.2 Å². The molecular weight excluding hydrogens is 280 g/mol. The van der Waals surface area contributed by atoms with Crippen molar-refractivity contribution >= 4 is 0 Å². The average molecular weight is 308 g/mol. The van der Waals surface area contributed by atoms with Crippen LogP contribution in [0.25, 0.3) is 0 Å². The Bertz CT molecular complexity index is 433. The molecule has 1 aromatic rings. The Balaban J connectivity index is 1.93. The van der Waals surface area contributed by atoms with E-state index in [-0.39, 0.29) is 6.61 Å². The minimum absolute atomic E-state index is 0.254. The zero-order valence-corrected chi connectivity index (χ0v) is 13.9. The van der Waals surface area contributed by atoms with Crippen LogP contribution in [0.3, 0.4) is 0 Å². The van der Waals surface area contributed by atoms with Crippen molar-refractivity contribution in [2.45, 2.75) is 25.9 Å². The topological polar surface area (TPSA) is 45.2 Å². The highest BCUT2D eigenvalue weighted by Crippen LogP contribution is 2.23. The van der Waals surface area contributed by atoms with Crippen molar-refractivity contribution in [3.63, 3.8) is 0 Å². The van der Waals surface area contributed by atoms with E-state index in [1.165, 1.54) is 5.56 Å². The smallest absolute Gasteiger partial charge is 0.122 e. The molecule has 1 aliphatic heterocycles. The average Bonchev–Trinajstić information content (AvgIpc) is 2.57. The number of methoxy groups -OCH3 is 2. The van der Waals surface area contributed by atoms with Gasteiger partial charge in [0.2, 0.25) is 0 Å². The Labute approximate surface area is 133 Å². The first-order valence-corrected chi connectivity index (χ1v) is 7.99. The molecule has 1 aliphatic rings. The quantitative estimate of drug-likeness (QED) is 0.829. The molecule has 0 spiro atoms. The summed E-state index contributed by atoms with van der Waals surface area (Å²) in [4.78, 5) is 4.83. The number of ether oxygens (including phenoxy) is 2. The lowest BCUT2D eigenvalue weighted by atomic mass is 10.1. The van der Waals surface area contributed by atoms with Gasteiger partial charge >= 0.3 is 0 Å². The highest BCUT2D eigenvalue weighted by Gasteiger charge is 2.22. The maximum absolute atomic E-state index is 9.41. The van der Waals surface area contributed by atoms with Crippen LogP contribution in [0.5, 0.6) is 11.5 Å².